The van der Waals surface area contributed by atoms with Crippen molar-refractivity contribution in [2.45, 2.75) is 56.1 Å². The molecule has 0 saturated carbocycles. The summed E-state index contributed by atoms with van der Waals surface area (Å²) in [5.74, 6) is -0.561. The zero-order valence-electron chi connectivity index (χ0n) is 20.4. The Kier molecular flexibility index (Phi) is 9.95. The van der Waals surface area contributed by atoms with Gasteiger partial charge in [0, 0.05) is 29.8 Å². The normalized spacial score (nSPS) is 19.4. The summed E-state index contributed by atoms with van der Waals surface area (Å²) >= 11 is 1.50. The van der Waals surface area contributed by atoms with Crippen LogP contribution in [0.2, 0.25) is 0 Å². The van der Waals surface area contributed by atoms with Crippen LogP contribution in [0.1, 0.15) is 46.9 Å². The number of hydrogen-bond acceptors (Lipinski definition) is 6. The van der Waals surface area contributed by atoms with E-state index in [9.17, 15) is 9.59 Å². The van der Waals surface area contributed by atoms with Gasteiger partial charge < -0.3 is 21.7 Å². The van der Waals surface area contributed by atoms with Gasteiger partial charge >= 0.3 is 0 Å². The number of aromatic nitrogens is 1. The highest BCUT2D eigenvalue weighted by Gasteiger charge is 2.40. The number of rotatable bonds is 6. The van der Waals surface area contributed by atoms with Crippen molar-refractivity contribution >= 4 is 53.1 Å². The topological polar surface area (TPSA) is 114 Å². The van der Waals surface area contributed by atoms with E-state index >= 15 is 0 Å². The summed E-state index contributed by atoms with van der Waals surface area (Å²) in [4.78, 5) is 34.2. The molecule has 2 heterocycles. The molecule has 2 amide bonds. The maximum Gasteiger partial charge on any atom is 0.243 e. The van der Waals surface area contributed by atoms with E-state index in [-0.39, 0.29) is 48.6 Å². The highest BCUT2D eigenvalue weighted by molar-refractivity contribution is 7.15. The third-order valence-electron chi connectivity index (χ3n) is 7.10. The molecule has 1 saturated heterocycles. The number of nitrogens with zero attached hydrogens (tertiary/aromatic N) is 2. The summed E-state index contributed by atoms with van der Waals surface area (Å²) in [7, 11) is 0. The van der Waals surface area contributed by atoms with E-state index in [0.29, 0.717) is 18.1 Å². The molecule has 2 aliphatic rings. The van der Waals surface area contributed by atoms with Crippen molar-refractivity contribution in [3.63, 3.8) is 0 Å². The van der Waals surface area contributed by atoms with Crippen LogP contribution in [0, 0.1) is 0 Å². The van der Waals surface area contributed by atoms with E-state index in [1.807, 2.05) is 60.7 Å². The number of amides is 2. The number of aryl methyl sites for hydroxylation is 1. The first-order valence-corrected chi connectivity index (χ1v) is 13.0. The molecule has 7 nitrogen and oxygen atoms in total. The summed E-state index contributed by atoms with van der Waals surface area (Å²) in [6.07, 6.45) is 3.81. The average molecular weight is 563 g/mol. The van der Waals surface area contributed by atoms with Gasteiger partial charge in [-0.2, -0.15) is 0 Å². The number of thiazole rings is 1. The maximum absolute atomic E-state index is 13.7. The maximum atomic E-state index is 13.7. The molecule has 5 rings (SSSR count). The molecular formula is C27H33Cl2N5O2S. The molecule has 2 aromatic carbocycles. The summed E-state index contributed by atoms with van der Waals surface area (Å²) in [5.41, 5.74) is 15.5. The fourth-order valence-electron chi connectivity index (χ4n) is 5.38. The lowest BCUT2D eigenvalue weighted by molar-refractivity contribution is -0.140. The minimum absolute atomic E-state index is 0. The molecular weight excluding hydrogens is 529 g/mol. The molecule has 1 unspecified atom stereocenters. The number of carbonyl (C=O) groups is 2. The fourth-order valence-corrected chi connectivity index (χ4v) is 6.34. The molecule has 3 atom stereocenters. The van der Waals surface area contributed by atoms with Crippen LogP contribution >= 0.6 is 36.2 Å². The van der Waals surface area contributed by atoms with Gasteiger partial charge in [-0.25, -0.2) is 4.98 Å². The Labute approximate surface area is 233 Å². The Hall–Kier alpha value is -2.65. The molecule has 1 aliphatic heterocycles. The van der Waals surface area contributed by atoms with Crippen LogP contribution in [0.15, 0.2) is 60.7 Å². The van der Waals surface area contributed by atoms with E-state index in [1.54, 1.807) is 4.90 Å². The van der Waals surface area contributed by atoms with Crippen LogP contribution in [0.25, 0.3) is 0 Å². The van der Waals surface area contributed by atoms with Crippen molar-refractivity contribution in [1.82, 2.24) is 15.2 Å². The number of likely N-dealkylation sites (tertiary alicyclic amines) is 1. The Morgan fingerprint density at radius 3 is 2.24 bits per heavy atom. The summed E-state index contributed by atoms with van der Waals surface area (Å²) in [6.45, 7) is 0.543. The summed E-state index contributed by atoms with van der Waals surface area (Å²) in [5, 5.41) is 3.77. The second-order valence-corrected chi connectivity index (χ2v) is 10.5. The molecule has 10 heteroatoms. The summed E-state index contributed by atoms with van der Waals surface area (Å²) in [6, 6.07) is 18.5. The number of carbonyl (C=O) groups excluding carboxylic acids is 2. The first kappa shape index (κ1) is 28.9. The number of anilines is 1. The van der Waals surface area contributed by atoms with Gasteiger partial charge in [0.15, 0.2) is 5.13 Å². The highest BCUT2D eigenvalue weighted by atomic mass is 35.5. The van der Waals surface area contributed by atoms with Crippen LogP contribution in [-0.2, 0) is 22.4 Å². The molecule has 0 radical (unpaired) electrons. The smallest absolute Gasteiger partial charge is 0.243 e. The Bertz CT molecular complexity index is 1150. The molecule has 1 aliphatic carbocycles. The number of halogens is 2. The Balaban J connectivity index is 0.00000190. The Morgan fingerprint density at radius 1 is 1.00 bits per heavy atom. The van der Waals surface area contributed by atoms with Gasteiger partial charge in [-0.3, -0.25) is 9.59 Å². The molecule has 0 spiro atoms. The third-order valence-corrected chi connectivity index (χ3v) is 8.05. The lowest BCUT2D eigenvalue weighted by Crippen LogP contribution is -2.54. The van der Waals surface area contributed by atoms with Crippen molar-refractivity contribution in [2.75, 3.05) is 12.3 Å². The first-order chi connectivity index (χ1) is 17.0. The molecule has 3 aromatic rings. The van der Waals surface area contributed by atoms with Gasteiger partial charge in [0.2, 0.25) is 11.8 Å². The van der Waals surface area contributed by atoms with E-state index in [4.69, 9.17) is 11.5 Å². The molecule has 37 heavy (non-hydrogen) atoms. The average Bonchev–Trinajstić information content (AvgIpc) is 3.51. The largest absolute Gasteiger partial charge is 0.375 e. The second kappa shape index (κ2) is 12.7. The third kappa shape index (κ3) is 6.26. The highest BCUT2D eigenvalue weighted by Crippen LogP contribution is 2.31. The fraction of sp³-hybridized carbons (Fsp3) is 0.370. The zero-order valence-corrected chi connectivity index (χ0v) is 22.9. The van der Waals surface area contributed by atoms with Gasteiger partial charge in [0.25, 0.3) is 0 Å². The predicted molar refractivity (Wildman–Crippen MR) is 152 cm³/mol. The predicted octanol–water partition coefficient (Wildman–Crippen LogP) is 3.69. The standard InChI is InChI=1S/C27H31N5O2S.2ClH/c28-24(23(17-8-3-1-4-9-17)18-10-5-2-6-11-18)26(34)32-15-7-12-21(32)25(33)30-19-13-14-20-22(16-19)35-27(29)31-20;;/h1-6,8-11,19,21,23-24H,7,12-16,28H2,(H2,29,31)(H,30,33);2*1H/t19?,21-,24-;;/m0../s1. The molecule has 5 N–H and O–H groups in total. The quantitative estimate of drug-likeness (QED) is 0.424. The lowest BCUT2D eigenvalue weighted by Gasteiger charge is -2.32. The first-order valence-electron chi connectivity index (χ1n) is 12.2. The number of nitrogens with two attached hydrogens (primary N) is 2. The molecule has 1 aromatic heterocycles. The van der Waals surface area contributed by atoms with Gasteiger partial charge in [0.05, 0.1) is 11.7 Å². The minimum Gasteiger partial charge on any atom is -0.375 e. The molecule has 1 fully saturated rings. The summed E-state index contributed by atoms with van der Waals surface area (Å²) < 4.78 is 0. The van der Waals surface area contributed by atoms with Crippen molar-refractivity contribution in [3.05, 3.63) is 82.4 Å². The van der Waals surface area contributed by atoms with Crippen LogP contribution in [0.4, 0.5) is 5.13 Å². The number of fused-ring (bicyclic) bond motifs is 1. The van der Waals surface area contributed by atoms with E-state index in [1.165, 1.54) is 11.3 Å². The van der Waals surface area contributed by atoms with Crippen LogP contribution in [0.3, 0.4) is 0 Å². The zero-order chi connectivity index (χ0) is 24.4. The lowest BCUT2D eigenvalue weighted by atomic mass is 9.84. The van der Waals surface area contributed by atoms with E-state index in [0.717, 1.165) is 47.4 Å². The number of nitrogen functional groups attached to an aromatic ring is 1. The van der Waals surface area contributed by atoms with E-state index in [2.05, 4.69) is 10.3 Å². The monoisotopic (exact) mass is 561 g/mol. The number of benzene rings is 2. The van der Waals surface area contributed by atoms with Crippen molar-refractivity contribution in [1.29, 1.82) is 0 Å². The van der Waals surface area contributed by atoms with Gasteiger partial charge in [-0.15, -0.1) is 36.2 Å². The van der Waals surface area contributed by atoms with Gasteiger partial charge in [0.1, 0.15) is 6.04 Å². The van der Waals surface area contributed by atoms with Crippen LogP contribution < -0.4 is 16.8 Å². The van der Waals surface area contributed by atoms with Crippen LogP contribution in [-0.4, -0.2) is 46.4 Å². The SMILES string of the molecule is Cl.Cl.Nc1nc2c(s1)CC(NC(=O)[C@@H]1CCCN1C(=O)[C@@H](N)C(c1ccccc1)c1ccccc1)CC2. The molecule has 0 bridgehead atoms. The van der Waals surface area contributed by atoms with Crippen LogP contribution in [0.5, 0.6) is 0 Å². The van der Waals surface area contributed by atoms with Crippen molar-refractivity contribution < 1.29 is 9.59 Å². The molecule has 198 valence electrons. The number of nitrogens with one attached hydrogen (secondary N) is 1. The number of hydrogen-bond donors (Lipinski definition) is 3. The Morgan fingerprint density at radius 2 is 1.62 bits per heavy atom. The van der Waals surface area contributed by atoms with Gasteiger partial charge in [-0.1, -0.05) is 60.7 Å². The minimum atomic E-state index is -0.786. The van der Waals surface area contributed by atoms with Crippen molar-refractivity contribution in [2.24, 2.45) is 5.73 Å². The van der Waals surface area contributed by atoms with Crippen molar-refractivity contribution in [3.8, 4) is 0 Å². The van der Waals surface area contributed by atoms with E-state index < -0.39 is 12.1 Å². The van der Waals surface area contributed by atoms with Gasteiger partial charge in [-0.05, 0) is 36.8 Å². The second-order valence-electron chi connectivity index (χ2n) is 9.38.